The molecule has 7 nitrogen and oxygen atoms in total. The summed E-state index contributed by atoms with van der Waals surface area (Å²) in [6.07, 6.45) is 6.70. The first-order valence-corrected chi connectivity index (χ1v) is 8.96. The Bertz CT molecular complexity index is 763. The Kier molecular flexibility index (Phi) is 4.74. The van der Waals surface area contributed by atoms with Crippen LogP contribution in [0, 0.1) is 12.3 Å². The number of nitrogens with zero attached hydrogens (tertiary/aromatic N) is 3. The van der Waals surface area contributed by atoms with Crippen LogP contribution in [0.5, 0.6) is 0 Å². The van der Waals surface area contributed by atoms with Crippen molar-refractivity contribution in [1.82, 2.24) is 14.9 Å². The van der Waals surface area contributed by atoms with Crippen LogP contribution < -0.4 is 0 Å². The van der Waals surface area contributed by atoms with Gasteiger partial charge in [0.2, 0.25) is 5.76 Å². The topological polar surface area (TPSA) is 77.7 Å². The lowest BCUT2D eigenvalue weighted by Gasteiger charge is -2.43. The van der Waals surface area contributed by atoms with Gasteiger partial charge in [0.05, 0.1) is 25.0 Å². The summed E-state index contributed by atoms with van der Waals surface area (Å²) in [5.41, 5.74) is 1.56. The Morgan fingerprint density at radius 1 is 1.42 bits per heavy atom. The third kappa shape index (κ3) is 3.24. The van der Waals surface area contributed by atoms with Crippen molar-refractivity contribution in [2.24, 2.45) is 5.41 Å². The molecule has 138 valence electrons. The summed E-state index contributed by atoms with van der Waals surface area (Å²) >= 11 is 0. The van der Waals surface area contributed by atoms with Gasteiger partial charge in [-0.1, -0.05) is 0 Å². The fourth-order valence-electron chi connectivity index (χ4n) is 3.93. The molecule has 2 aromatic heterocycles. The van der Waals surface area contributed by atoms with Crippen LogP contribution >= 0.6 is 0 Å². The summed E-state index contributed by atoms with van der Waals surface area (Å²) in [5, 5.41) is 0. The molecule has 0 bridgehead atoms. The zero-order valence-electron chi connectivity index (χ0n) is 14.9. The van der Waals surface area contributed by atoms with Gasteiger partial charge in [0.1, 0.15) is 0 Å². The highest BCUT2D eigenvalue weighted by Gasteiger charge is 2.49. The second-order valence-electron chi connectivity index (χ2n) is 7.10. The molecule has 0 aromatic carbocycles. The van der Waals surface area contributed by atoms with Crippen molar-refractivity contribution in [3.63, 3.8) is 0 Å². The number of oxazole rings is 1. The molecule has 2 saturated heterocycles. The van der Waals surface area contributed by atoms with E-state index in [9.17, 15) is 4.79 Å². The van der Waals surface area contributed by atoms with Crippen LogP contribution in [-0.2, 0) is 16.1 Å². The van der Waals surface area contributed by atoms with E-state index < -0.39 is 0 Å². The van der Waals surface area contributed by atoms with Gasteiger partial charge in [0.25, 0.3) is 5.91 Å². The summed E-state index contributed by atoms with van der Waals surface area (Å²) in [6.45, 7) is 4.89. The molecule has 0 N–H and O–H groups in total. The number of ether oxygens (including phenoxy) is 2. The molecule has 2 fully saturated rings. The summed E-state index contributed by atoms with van der Waals surface area (Å²) in [5.74, 6) is 0.231. The average Bonchev–Trinajstić information content (AvgIpc) is 3.27. The van der Waals surface area contributed by atoms with E-state index in [1.165, 1.54) is 6.39 Å². The van der Waals surface area contributed by atoms with E-state index in [0.29, 0.717) is 44.4 Å². The minimum atomic E-state index is -0.158. The molecule has 0 aliphatic carbocycles. The maximum atomic E-state index is 12.8. The summed E-state index contributed by atoms with van der Waals surface area (Å²) in [4.78, 5) is 22.7. The number of amides is 1. The maximum absolute atomic E-state index is 12.8. The number of aromatic nitrogens is 2. The van der Waals surface area contributed by atoms with E-state index in [1.807, 2.05) is 17.0 Å². The van der Waals surface area contributed by atoms with Crippen LogP contribution in [0.1, 0.15) is 34.7 Å². The van der Waals surface area contributed by atoms with E-state index in [2.05, 4.69) is 9.97 Å². The molecule has 0 unspecified atom stereocenters. The van der Waals surface area contributed by atoms with Crippen LogP contribution in [0.15, 0.2) is 35.3 Å². The van der Waals surface area contributed by atoms with E-state index in [4.69, 9.17) is 13.9 Å². The number of hydrogen-bond acceptors (Lipinski definition) is 6. The molecule has 2 aliphatic heterocycles. The molecule has 2 aliphatic rings. The van der Waals surface area contributed by atoms with E-state index in [-0.39, 0.29) is 17.4 Å². The molecule has 0 spiro atoms. The number of carbonyl (C=O) groups is 1. The molecule has 0 radical (unpaired) electrons. The lowest BCUT2D eigenvalue weighted by molar-refractivity contribution is -0.0606. The number of carbonyl (C=O) groups excluding carboxylic acids is 1. The highest BCUT2D eigenvalue weighted by atomic mass is 16.5. The Morgan fingerprint density at radius 3 is 3.04 bits per heavy atom. The SMILES string of the molecule is Cc1ncoc1C(=O)N1CC[C@@H]2OCC[C@]2(COCc2ccncc2)C1. The van der Waals surface area contributed by atoms with Crippen LogP contribution in [0.4, 0.5) is 0 Å². The monoisotopic (exact) mass is 357 g/mol. The first kappa shape index (κ1) is 17.2. The fourth-order valence-corrected chi connectivity index (χ4v) is 3.93. The average molecular weight is 357 g/mol. The normalized spacial score (nSPS) is 25.3. The van der Waals surface area contributed by atoms with Gasteiger partial charge < -0.3 is 18.8 Å². The van der Waals surface area contributed by atoms with Gasteiger partial charge in [-0.15, -0.1) is 0 Å². The first-order valence-electron chi connectivity index (χ1n) is 8.96. The van der Waals surface area contributed by atoms with Gasteiger partial charge in [-0.3, -0.25) is 9.78 Å². The Balaban J connectivity index is 1.44. The van der Waals surface area contributed by atoms with E-state index in [1.54, 1.807) is 19.3 Å². The van der Waals surface area contributed by atoms with Crippen molar-refractivity contribution >= 4 is 5.91 Å². The summed E-state index contributed by atoms with van der Waals surface area (Å²) < 4.78 is 17.3. The number of fused-ring (bicyclic) bond motifs is 1. The summed E-state index contributed by atoms with van der Waals surface area (Å²) in [6, 6.07) is 3.90. The van der Waals surface area contributed by atoms with Gasteiger partial charge in [-0.25, -0.2) is 4.98 Å². The van der Waals surface area contributed by atoms with Crippen molar-refractivity contribution in [1.29, 1.82) is 0 Å². The lowest BCUT2D eigenvalue weighted by Crippen LogP contribution is -2.53. The molecule has 26 heavy (non-hydrogen) atoms. The molecule has 4 rings (SSSR count). The Morgan fingerprint density at radius 2 is 2.27 bits per heavy atom. The van der Waals surface area contributed by atoms with Crippen LogP contribution in [0.25, 0.3) is 0 Å². The summed E-state index contributed by atoms with van der Waals surface area (Å²) in [7, 11) is 0. The van der Waals surface area contributed by atoms with Gasteiger partial charge in [0, 0.05) is 37.5 Å². The quantitative estimate of drug-likeness (QED) is 0.816. The van der Waals surface area contributed by atoms with Crippen molar-refractivity contribution in [3.8, 4) is 0 Å². The largest absolute Gasteiger partial charge is 0.438 e. The highest BCUT2D eigenvalue weighted by Crippen LogP contribution is 2.41. The van der Waals surface area contributed by atoms with Crippen molar-refractivity contribution in [3.05, 3.63) is 47.9 Å². The number of piperidine rings is 1. The van der Waals surface area contributed by atoms with Crippen molar-refractivity contribution in [2.45, 2.75) is 32.5 Å². The number of pyridine rings is 1. The number of aryl methyl sites for hydroxylation is 1. The number of likely N-dealkylation sites (tertiary alicyclic amines) is 1. The molecular weight excluding hydrogens is 334 g/mol. The zero-order valence-corrected chi connectivity index (χ0v) is 14.9. The third-order valence-corrected chi connectivity index (χ3v) is 5.40. The first-order chi connectivity index (χ1) is 12.7. The highest BCUT2D eigenvalue weighted by molar-refractivity contribution is 5.92. The molecule has 2 atom stereocenters. The van der Waals surface area contributed by atoms with Gasteiger partial charge in [-0.2, -0.15) is 0 Å². The fraction of sp³-hybridized carbons (Fsp3) is 0.526. The minimum Gasteiger partial charge on any atom is -0.438 e. The molecule has 2 aromatic rings. The maximum Gasteiger partial charge on any atom is 0.291 e. The van der Waals surface area contributed by atoms with Crippen molar-refractivity contribution < 1.29 is 18.7 Å². The van der Waals surface area contributed by atoms with Gasteiger partial charge in [0.15, 0.2) is 6.39 Å². The molecular formula is C19H23N3O4. The molecule has 1 amide bonds. The minimum absolute atomic E-state index is 0.0983. The second kappa shape index (κ2) is 7.17. The predicted octanol–water partition coefficient (Wildman–Crippen LogP) is 2.22. The number of hydrogen-bond donors (Lipinski definition) is 0. The molecule has 7 heteroatoms. The van der Waals surface area contributed by atoms with E-state index >= 15 is 0 Å². The zero-order chi connectivity index (χ0) is 18.0. The van der Waals surface area contributed by atoms with Crippen molar-refractivity contribution in [2.75, 3.05) is 26.3 Å². The Hall–Kier alpha value is -2.25. The molecule has 0 saturated carbocycles. The van der Waals surface area contributed by atoms with Gasteiger partial charge in [-0.05, 0) is 37.5 Å². The standard InChI is InChI=1S/C19H23N3O4/c1-14-17(26-13-21-14)18(23)22-8-4-16-19(11-22,5-9-25-16)12-24-10-15-2-6-20-7-3-15/h2-3,6-7,13,16H,4-5,8-12H2,1H3/t16-,19+/m0/s1. The van der Waals surface area contributed by atoms with Gasteiger partial charge >= 0.3 is 0 Å². The second-order valence-corrected chi connectivity index (χ2v) is 7.10. The van der Waals surface area contributed by atoms with Crippen LogP contribution in [0.2, 0.25) is 0 Å². The third-order valence-electron chi connectivity index (χ3n) is 5.40. The lowest BCUT2D eigenvalue weighted by atomic mass is 9.77. The smallest absolute Gasteiger partial charge is 0.291 e. The Labute approximate surface area is 152 Å². The molecule has 4 heterocycles. The van der Waals surface area contributed by atoms with E-state index in [0.717, 1.165) is 18.4 Å². The van der Waals surface area contributed by atoms with Crippen LogP contribution in [-0.4, -0.2) is 53.2 Å². The number of rotatable bonds is 5. The van der Waals surface area contributed by atoms with Crippen LogP contribution in [0.3, 0.4) is 0 Å². The predicted molar refractivity (Wildman–Crippen MR) is 92.4 cm³/mol.